The number of rotatable bonds is 7. The van der Waals surface area contributed by atoms with Gasteiger partial charge < -0.3 is 10.5 Å². The summed E-state index contributed by atoms with van der Waals surface area (Å²) >= 11 is 0. The lowest BCUT2D eigenvalue weighted by molar-refractivity contribution is -0.127. The minimum Gasteiger partial charge on any atom is -0.494 e. The number of carbonyl (C=O) groups is 2. The molecule has 1 aromatic carbocycles. The van der Waals surface area contributed by atoms with Crippen molar-refractivity contribution >= 4 is 11.9 Å². The van der Waals surface area contributed by atoms with E-state index in [0.717, 1.165) is 35.2 Å². The molecule has 0 bridgehead atoms. The monoisotopic (exact) mass is 318 g/mol. The predicted molar refractivity (Wildman–Crippen MR) is 89.2 cm³/mol. The molecule has 0 radical (unpaired) electrons. The molecule has 0 aromatic heterocycles. The number of carbonyl (C=O) groups excluding carboxylic acids is 2. The summed E-state index contributed by atoms with van der Waals surface area (Å²) in [7, 11) is 1.39. The molecule has 0 saturated heterocycles. The number of primary amides is 1. The molecule has 5 heteroatoms. The van der Waals surface area contributed by atoms with Gasteiger partial charge in [0.15, 0.2) is 0 Å². The molecule has 0 aliphatic heterocycles. The second-order valence-electron chi connectivity index (χ2n) is 6.22. The molecule has 1 saturated carbocycles. The van der Waals surface area contributed by atoms with Crippen LogP contribution in [-0.2, 0) is 11.2 Å². The predicted octanol–water partition coefficient (Wildman–Crippen LogP) is 3.12. The molecule has 0 unspecified atom stereocenters. The quantitative estimate of drug-likeness (QED) is 0.839. The minimum atomic E-state index is -0.721. The molecule has 126 valence electrons. The van der Waals surface area contributed by atoms with Crippen LogP contribution in [0.2, 0.25) is 0 Å². The Balaban J connectivity index is 1.71. The van der Waals surface area contributed by atoms with Gasteiger partial charge in [0.2, 0.25) is 5.91 Å². The number of nitrogens with zero attached hydrogens (tertiary/aromatic N) is 1. The first-order chi connectivity index (χ1) is 11.1. The molecule has 5 nitrogen and oxygen atoms in total. The number of benzene rings is 1. The lowest BCUT2D eigenvalue weighted by Crippen LogP contribution is -2.37. The van der Waals surface area contributed by atoms with Crippen LogP contribution < -0.4 is 10.5 Å². The van der Waals surface area contributed by atoms with Gasteiger partial charge in [-0.2, -0.15) is 0 Å². The molecule has 0 spiro atoms. The van der Waals surface area contributed by atoms with Crippen molar-refractivity contribution in [3.05, 3.63) is 29.8 Å². The number of hydrogen-bond donors (Lipinski definition) is 1. The van der Waals surface area contributed by atoms with Crippen LogP contribution in [0.15, 0.2) is 24.3 Å². The average Bonchev–Trinajstić information content (AvgIpc) is 3.06. The van der Waals surface area contributed by atoms with E-state index in [1.807, 2.05) is 24.3 Å². The summed E-state index contributed by atoms with van der Waals surface area (Å²) in [4.78, 5) is 23.5. The summed E-state index contributed by atoms with van der Waals surface area (Å²) in [5, 5.41) is 0. The summed E-state index contributed by atoms with van der Waals surface area (Å²) in [6.07, 6.45) is 7.40. The third-order valence-corrected chi connectivity index (χ3v) is 4.53. The Morgan fingerprint density at radius 2 is 1.87 bits per heavy atom. The molecule has 23 heavy (non-hydrogen) atoms. The van der Waals surface area contributed by atoms with E-state index >= 15 is 0 Å². The Hall–Kier alpha value is -2.04. The largest absolute Gasteiger partial charge is 0.494 e. The molecule has 1 aliphatic carbocycles. The fourth-order valence-corrected chi connectivity index (χ4v) is 2.94. The van der Waals surface area contributed by atoms with Crippen LogP contribution in [0.5, 0.6) is 5.75 Å². The Kier molecular flexibility index (Phi) is 6.44. The number of amides is 3. The highest BCUT2D eigenvalue weighted by Gasteiger charge is 2.15. The van der Waals surface area contributed by atoms with Gasteiger partial charge in [-0.3, -0.25) is 9.69 Å². The molecule has 2 rings (SSSR count). The van der Waals surface area contributed by atoms with Crippen LogP contribution in [-0.4, -0.2) is 30.5 Å². The average molecular weight is 318 g/mol. The van der Waals surface area contributed by atoms with Crippen molar-refractivity contribution in [2.24, 2.45) is 11.7 Å². The smallest absolute Gasteiger partial charge is 0.321 e. The topological polar surface area (TPSA) is 72.6 Å². The zero-order chi connectivity index (χ0) is 16.7. The van der Waals surface area contributed by atoms with Crippen LogP contribution >= 0.6 is 0 Å². The molecule has 1 aromatic rings. The lowest BCUT2D eigenvalue weighted by atomic mass is 10.1. The number of nitrogens with two attached hydrogens (primary N) is 1. The van der Waals surface area contributed by atoms with E-state index in [0.29, 0.717) is 6.42 Å². The van der Waals surface area contributed by atoms with Gasteiger partial charge in [0.05, 0.1) is 6.61 Å². The summed E-state index contributed by atoms with van der Waals surface area (Å²) in [6, 6.07) is 7.07. The van der Waals surface area contributed by atoms with Gasteiger partial charge in [-0.25, -0.2) is 4.79 Å². The van der Waals surface area contributed by atoms with E-state index in [1.165, 1.54) is 32.7 Å². The van der Waals surface area contributed by atoms with Gasteiger partial charge in [0, 0.05) is 13.5 Å². The van der Waals surface area contributed by atoms with E-state index < -0.39 is 6.03 Å². The zero-order valence-corrected chi connectivity index (χ0v) is 13.8. The highest BCUT2D eigenvalue weighted by atomic mass is 16.5. The van der Waals surface area contributed by atoms with Crippen molar-refractivity contribution in [1.82, 2.24) is 4.90 Å². The maximum atomic E-state index is 11.7. The van der Waals surface area contributed by atoms with E-state index in [2.05, 4.69) is 0 Å². The van der Waals surface area contributed by atoms with Crippen molar-refractivity contribution in [2.45, 2.75) is 44.9 Å². The normalized spacial score (nSPS) is 14.7. The molecule has 2 N–H and O–H groups in total. The Morgan fingerprint density at radius 1 is 1.22 bits per heavy atom. The van der Waals surface area contributed by atoms with Gasteiger partial charge in [0.25, 0.3) is 0 Å². The van der Waals surface area contributed by atoms with Crippen LogP contribution in [0.4, 0.5) is 4.79 Å². The zero-order valence-electron chi connectivity index (χ0n) is 13.8. The van der Waals surface area contributed by atoms with Crippen LogP contribution in [0.3, 0.4) is 0 Å². The fraction of sp³-hybridized carbons (Fsp3) is 0.556. The second-order valence-corrected chi connectivity index (χ2v) is 6.22. The first-order valence-corrected chi connectivity index (χ1v) is 8.34. The summed E-state index contributed by atoms with van der Waals surface area (Å²) in [6.45, 7) is 0.770. The summed E-state index contributed by atoms with van der Waals surface area (Å²) in [5.74, 6) is 1.43. The van der Waals surface area contributed by atoms with Gasteiger partial charge in [-0.15, -0.1) is 0 Å². The Bertz CT molecular complexity index is 522. The lowest BCUT2D eigenvalue weighted by Gasteiger charge is -2.12. The van der Waals surface area contributed by atoms with Crippen LogP contribution in [0, 0.1) is 5.92 Å². The summed E-state index contributed by atoms with van der Waals surface area (Å²) < 4.78 is 5.78. The van der Waals surface area contributed by atoms with Gasteiger partial charge in [-0.05, 0) is 36.5 Å². The van der Waals surface area contributed by atoms with E-state index in [1.54, 1.807) is 0 Å². The van der Waals surface area contributed by atoms with Gasteiger partial charge in [0.1, 0.15) is 5.75 Å². The first kappa shape index (κ1) is 17.3. The van der Waals surface area contributed by atoms with Crippen LogP contribution in [0.25, 0.3) is 0 Å². The number of hydrogen-bond acceptors (Lipinski definition) is 3. The van der Waals surface area contributed by atoms with Crippen LogP contribution in [0.1, 0.15) is 44.1 Å². The van der Waals surface area contributed by atoms with E-state index in [4.69, 9.17) is 10.5 Å². The van der Waals surface area contributed by atoms with Crippen molar-refractivity contribution in [3.8, 4) is 5.75 Å². The summed E-state index contributed by atoms with van der Waals surface area (Å²) in [5.41, 5.74) is 6.11. The molecule has 0 heterocycles. The van der Waals surface area contributed by atoms with E-state index in [9.17, 15) is 9.59 Å². The third-order valence-electron chi connectivity index (χ3n) is 4.53. The molecule has 0 atom stereocenters. The molecule has 1 fully saturated rings. The third kappa shape index (κ3) is 5.58. The first-order valence-electron chi connectivity index (χ1n) is 8.34. The van der Waals surface area contributed by atoms with Gasteiger partial charge in [-0.1, -0.05) is 37.8 Å². The number of urea groups is 1. The van der Waals surface area contributed by atoms with Gasteiger partial charge >= 0.3 is 6.03 Å². The van der Waals surface area contributed by atoms with E-state index in [-0.39, 0.29) is 12.3 Å². The highest BCUT2D eigenvalue weighted by Crippen LogP contribution is 2.27. The van der Waals surface area contributed by atoms with Crippen molar-refractivity contribution in [1.29, 1.82) is 0 Å². The molecule has 1 aliphatic rings. The van der Waals surface area contributed by atoms with Crippen molar-refractivity contribution < 1.29 is 14.3 Å². The molecular formula is C18H26N2O3. The highest BCUT2D eigenvalue weighted by molar-refractivity contribution is 5.93. The van der Waals surface area contributed by atoms with Crippen molar-refractivity contribution in [2.75, 3.05) is 13.7 Å². The standard InChI is InChI=1S/C18H26N2O3/c1-20(18(19)22)17(21)11-8-15-6-9-16(10-7-15)23-13-12-14-4-2-3-5-14/h6-7,9-10,14H,2-5,8,11-13H2,1H3,(H2,19,22). The number of aryl methyl sites for hydroxylation is 1. The Morgan fingerprint density at radius 3 is 2.48 bits per heavy atom. The number of ether oxygens (including phenoxy) is 1. The molecular weight excluding hydrogens is 292 g/mol. The SMILES string of the molecule is CN(C(N)=O)C(=O)CCc1ccc(OCCC2CCCC2)cc1. The molecule has 3 amide bonds. The second kappa shape index (κ2) is 8.56. The Labute approximate surface area is 137 Å². The number of imide groups is 1. The maximum Gasteiger partial charge on any atom is 0.321 e. The maximum absolute atomic E-state index is 11.7. The van der Waals surface area contributed by atoms with Crippen molar-refractivity contribution in [3.63, 3.8) is 0 Å². The fourth-order valence-electron chi connectivity index (χ4n) is 2.94. The minimum absolute atomic E-state index is 0.265.